The van der Waals surface area contributed by atoms with E-state index in [4.69, 9.17) is 4.52 Å². The second-order valence-corrected chi connectivity index (χ2v) is 7.31. The molecule has 0 aliphatic carbocycles. The monoisotopic (exact) mass is 378 g/mol. The van der Waals surface area contributed by atoms with Crippen molar-refractivity contribution in [1.29, 1.82) is 0 Å². The van der Waals surface area contributed by atoms with E-state index in [9.17, 15) is 4.79 Å². The summed E-state index contributed by atoms with van der Waals surface area (Å²) in [4.78, 5) is 14.7. The first-order valence-corrected chi connectivity index (χ1v) is 9.74. The second-order valence-electron chi connectivity index (χ2n) is 7.31. The summed E-state index contributed by atoms with van der Waals surface area (Å²) in [6, 6.07) is 11.5. The van der Waals surface area contributed by atoms with E-state index < -0.39 is 0 Å². The molecule has 2 aliphatic heterocycles. The quantitative estimate of drug-likeness (QED) is 0.750. The first kappa shape index (κ1) is 17.1. The molecule has 1 saturated heterocycles. The Kier molecular flexibility index (Phi) is 4.40. The summed E-state index contributed by atoms with van der Waals surface area (Å²) in [5.74, 6) is 2.62. The predicted octanol–water partition coefficient (Wildman–Crippen LogP) is 2.06. The fourth-order valence-electron chi connectivity index (χ4n) is 4.03. The molecule has 144 valence electrons. The number of nitrogens with zero attached hydrogens (tertiary/aromatic N) is 5. The molecule has 2 aliphatic rings. The van der Waals surface area contributed by atoms with Gasteiger partial charge in [0.2, 0.25) is 5.76 Å². The molecule has 1 fully saturated rings. The number of carbonyl (C=O) groups excluding carboxylic acids is 1. The predicted molar refractivity (Wildman–Crippen MR) is 102 cm³/mol. The van der Waals surface area contributed by atoms with E-state index in [2.05, 4.69) is 25.2 Å². The summed E-state index contributed by atoms with van der Waals surface area (Å²) in [6.45, 7) is 4.01. The fraction of sp³-hybridized carbons (Fsp3) is 0.400. The molecule has 5 rings (SSSR count). The zero-order valence-corrected chi connectivity index (χ0v) is 15.5. The van der Waals surface area contributed by atoms with E-state index in [1.165, 1.54) is 0 Å². The summed E-state index contributed by atoms with van der Waals surface area (Å²) in [5.41, 5.74) is 1.62. The van der Waals surface area contributed by atoms with Gasteiger partial charge in [-0.1, -0.05) is 35.5 Å². The van der Waals surface area contributed by atoms with Gasteiger partial charge in [0.15, 0.2) is 0 Å². The smallest absolute Gasteiger partial charge is 0.292 e. The third-order valence-corrected chi connectivity index (χ3v) is 5.59. The SMILES string of the molecule is O=C(c1cc(-c2ccccc2)no1)N1CCC(c2nnc3n2CCNC3)CC1. The van der Waals surface area contributed by atoms with E-state index in [1.807, 2.05) is 35.2 Å². The normalized spacial score (nSPS) is 17.5. The Morgan fingerprint density at radius 1 is 1.11 bits per heavy atom. The minimum atomic E-state index is -0.0967. The zero-order valence-electron chi connectivity index (χ0n) is 15.5. The molecule has 0 saturated carbocycles. The Morgan fingerprint density at radius 2 is 1.93 bits per heavy atom. The molecule has 8 nitrogen and oxygen atoms in total. The number of fused-ring (bicyclic) bond motifs is 1. The largest absolute Gasteiger partial charge is 0.350 e. The molecule has 1 aromatic carbocycles. The van der Waals surface area contributed by atoms with Crippen molar-refractivity contribution >= 4 is 5.91 Å². The maximum Gasteiger partial charge on any atom is 0.292 e. The van der Waals surface area contributed by atoms with Crippen LogP contribution in [0.3, 0.4) is 0 Å². The topological polar surface area (TPSA) is 89.1 Å². The van der Waals surface area contributed by atoms with Gasteiger partial charge >= 0.3 is 0 Å². The van der Waals surface area contributed by atoms with E-state index in [-0.39, 0.29) is 5.91 Å². The van der Waals surface area contributed by atoms with Crippen LogP contribution < -0.4 is 5.32 Å². The lowest BCUT2D eigenvalue weighted by atomic mass is 9.95. The molecule has 1 N–H and O–H groups in total. The Balaban J connectivity index is 1.25. The molecule has 0 atom stereocenters. The van der Waals surface area contributed by atoms with Crippen molar-refractivity contribution in [3.05, 3.63) is 53.8 Å². The zero-order chi connectivity index (χ0) is 18.9. The Morgan fingerprint density at radius 3 is 2.75 bits per heavy atom. The van der Waals surface area contributed by atoms with Crippen LogP contribution in [0.1, 0.15) is 41.0 Å². The number of amides is 1. The molecule has 4 heterocycles. The maximum atomic E-state index is 12.8. The van der Waals surface area contributed by atoms with Crippen molar-refractivity contribution in [1.82, 2.24) is 30.1 Å². The van der Waals surface area contributed by atoms with E-state index in [0.29, 0.717) is 30.5 Å². The highest BCUT2D eigenvalue weighted by Gasteiger charge is 2.30. The molecule has 3 aromatic rings. The number of likely N-dealkylation sites (tertiary alicyclic amines) is 1. The molecule has 28 heavy (non-hydrogen) atoms. The summed E-state index contributed by atoms with van der Waals surface area (Å²) in [5, 5.41) is 16.1. The number of rotatable bonds is 3. The van der Waals surface area contributed by atoms with Crippen LogP contribution in [0.5, 0.6) is 0 Å². The summed E-state index contributed by atoms with van der Waals surface area (Å²) < 4.78 is 7.57. The van der Waals surface area contributed by atoms with Crippen molar-refractivity contribution in [2.75, 3.05) is 19.6 Å². The molecular weight excluding hydrogens is 356 g/mol. The van der Waals surface area contributed by atoms with Gasteiger partial charge in [0.1, 0.15) is 17.3 Å². The Hall–Kier alpha value is -3.00. The lowest BCUT2D eigenvalue weighted by molar-refractivity contribution is 0.0668. The van der Waals surface area contributed by atoms with Gasteiger partial charge < -0.3 is 19.3 Å². The summed E-state index contributed by atoms with van der Waals surface area (Å²) in [7, 11) is 0. The molecule has 0 unspecified atom stereocenters. The van der Waals surface area contributed by atoms with Crippen LogP contribution in [0.2, 0.25) is 0 Å². The summed E-state index contributed by atoms with van der Waals surface area (Å²) in [6.07, 6.45) is 1.77. The van der Waals surface area contributed by atoms with Crippen LogP contribution in [0.4, 0.5) is 0 Å². The number of nitrogens with one attached hydrogen (secondary N) is 1. The highest BCUT2D eigenvalue weighted by atomic mass is 16.5. The van der Waals surface area contributed by atoms with Crippen molar-refractivity contribution in [2.45, 2.75) is 31.8 Å². The van der Waals surface area contributed by atoms with E-state index in [1.54, 1.807) is 6.07 Å². The Labute approximate surface area is 162 Å². The van der Waals surface area contributed by atoms with Gasteiger partial charge in [-0.15, -0.1) is 10.2 Å². The molecule has 0 bridgehead atoms. The van der Waals surface area contributed by atoms with Crippen molar-refractivity contribution in [3.8, 4) is 11.3 Å². The second kappa shape index (κ2) is 7.20. The first-order chi connectivity index (χ1) is 13.8. The first-order valence-electron chi connectivity index (χ1n) is 9.74. The minimum Gasteiger partial charge on any atom is -0.350 e. The number of benzene rings is 1. The number of piperidine rings is 1. The van der Waals surface area contributed by atoms with Gasteiger partial charge in [0.25, 0.3) is 5.91 Å². The number of aromatic nitrogens is 4. The van der Waals surface area contributed by atoms with Gasteiger partial charge in [0, 0.05) is 43.7 Å². The molecule has 1 amide bonds. The maximum absolute atomic E-state index is 12.8. The third kappa shape index (κ3) is 3.09. The molecule has 2 aromatic heterocycles. The standard InChI is InChI=1S/C20H22N6O2/c27-20(17-12-16(24-28-17)14-4-2-1-3-5-14)25-9-6-15(7-10-25)19-23-22-18-13-21-8-11-26(18)19/h1-5,12,15,21H,6-11,13H2. The van der Waals surface area contributed by atoms with Crippen LogP contribution >= 0.6 is 0 Å². The number of hydrogen-bond acceptors (Lipinski definition) is 6. The fourth-order valence-corrected chi connectivity index (χ4v) is 4.03. The molecule has 0 radical (unpaired) electrons. The van der Waals surface area contributed by atoms with Crippen LogP contribution in [-0.4, -0.2) is 50.4 Å². The van der Waals surface area contributed by atoms with E-state index in [0.717, 1.165) is 49.7 Å². The van der Waals surface area contributed by atoms with Crippen LogP contribution in [0, 0.1) is 0 Å². The van der Waals surface area contributed by atoms with Gasteiger partial charge in [-0.05, 0) is 12.8 Å². The van der Waals surface area contributed by atoms with Gasteiger partial charge in [-0.2, -0.15) is 0 Å². The van der Waals surface area contributed by atoms with Crippen LogP contribution in [0.15, 0.2) is 40.9 Å². The molecule has 0 spiro atoms. The lowest BCUT2D eigenvalue weighted by Crippen LogP contribution is -2.38. The number of carbonyl (C=O) groups is 1. The van der Waals surface area contributed by atoms with Crippen LogP contribution in [0.25, 0.3) is 11.3 Å². The molecule has 8 heteroatoms. The Bertz CT molecular complexity index is 972. The molecular formula is C20H22N6O2. The van der Waals surface area contributed by atoms with Crippen LogP contribution in [-0.2, 0) is 13.1 Å². The minimum absolute atomic E-state index is 0.0967. The van der Waals surface area contributed by atoms with Crippen molar-refractivity contribution < 1.29 is 9.32 Å². The third-order valence-electron chi connectivity index (χ3n) is 5.59. The highest BCUT2D eigenvalue weighted by molar-refractivity contribution is 5.92. The van der Waals surface area contributed by atoms with Gasteiger partial charge in [0.05, 0.1) is 6.54 Å². The number of hydrogen-bond donors (Lipinski definition) is 1. The highest BCUT2D eigenvalue weighted by Crippen LogP contribution is 2.29. The van der Waals surface area contributed by atoms with E-state index >= 15 is 0 Å². The van der Waals surface area contributed by atoms with Crippen molar-refractivity contribution in [2.24, 2.45) is 0 Å². The van der Waals surface area contributed by atoms with Gasteiger partial charge in [-0.25, -0.2) is 0 Å². The average molecular weight is 378 g/mol. The van der Waals surface area contributed by atoms with Gasteiger partial charge in [-0.3, -0.25) is 4.79 Å². The van der Waals surface area contributed by atoms with Crippen molar-refractivity contribution in [3.63, 3.8) is 0 Å². The summed E-state index contributed by atoms with van der Waals surface area (Å²) >= 11 is 0. The average Bonchev–Trinajstić information content (AvgIpc) is 3.42. The lowest BCUT2D eigenvalue weighted by Gasteiger charge is -2.31.